The van der Waals surface area contributed by atoms with E-state index in [1.165, 1.54) is 0 Å². The van der Waals surface area contributed by atoms with E-state index in [2.05, 4.69) is 27.8 Å². The number of aliphatic imine (C=N–C) groups is 1. The number of guanidine groups is 1. The van der Waals surface area contributed by atoms with Crippen LogP contribution in [0.2, 0.25) is 5.02 Å². The Bertz CT molecular complexity index is 804. The first-order valence-electron chi connectivity index (χ1n) is 9.24. The molecule has 1 heterocycles. The SMILES string of the molecule is CN=C(NCc1ccc(N2CCCCC2=O)cc1)NCc1cccc(Cl)c1. The lowest BCUT2D eigenvalue weighted by Crippen LogP contribution is -2.36. The van der Waals surface area contributed by atoms with Crippen molar-refractivity contribution >= 4 is 29.2 Å². The average molecular weight is 385 g/mol. The van der Waals surface area contributed by atoms with E-state index in [1.807, 2.05) is 41.3 Å². The molecule has 3 rings (SSSR count). The second-order valence-corrected chi connectivity index (χ2v) is 7.01. The molecule has 1 amide bonds. The van der Waals surface area contributed by atoms with Gasteiger partial charge in [0, 0.05) is 43.8 Å². The van der Waals surface area contributed by atoms with Gasteiger partial charge >= 0.3 is 0 Å². The minimum Gasteiger partial charge on any atom is -0.352 e. The number of hydrogen-bond acceptors (Lipinski definition) is 2. The average Bonchev–Trinajstić information content (AvgIpc) is 2.69. The first-order valence-corrected chi connectivity index (χ1v) is 9.62. The molecule has 0 saturated carbocycles. The first-order chi connectivity index (χ1) is 13.2. The minimum absolute atomic E-state index is 0.220. The van der Waals surface area contributed by atoms with Gasteiger partial charge in [0.1, 0.15) is 0 Å². The van der Waals surface area contributed by atoms with Crippen molar-refractivity contribution < 1.29 is 4.79 Å². The Morgan fingerprint density at radius 2 is 1.81 bits per heavy atom. The summed E-state index contributed by atoms with van der Waals surface area (Å²) >= 11 is 6.01. The maximum absolute atomic E-state index is 12.0. The van der Waals surface area contributed by atoms with Crippen molar-refractivity contribution in [1.82, 2.24) is 10.6 Å². The summed E-state index contributed by atoms with van der Waals surface area (Å²) in [6, 6.07) is 15.9. The lowest BCUT2D eigenvalue weighted by atomic mass is 10.1. The molecule has 1 aliphatic heterocycles. The molecule has 0 radical (unpaired) electrons. The van der Waals surface area contributed by atoms with E-state index in [4.69, 9.17) is 11.6 Å². The van der Waals surface area contributed by atoms with Gasteiger partial charge in [0.15, 0.2) is 5.96 Å². The summed E-state index contributed by atoms with van der Waals surface area (Å²) in [4.78, 5) is 18.2. The van der Waals surface area contributed by atoms with Gasteiger partial charge in [-0.25, -0.2) is 0 Å². The summed E-state index contributed by atoms with van der Waals surface area (Å²) in [6.45, 7) is 2.12. The third kappa shape index (κ3) is 5.47. The van der Waals surface area contributed by atoms with Gasteiger partial charge in [0.25, 0.3) is 0 Å². The fourth-order valence-corrected chi connectivity index (χ4v) is 3.32. The van der Waals surface area contributed by atoms with Gasteiger partial charge < -0.3 is 15.5 Å². The predicted molar refractivity (Wildman–Crippen MR) is 111 cm³/mol. The Balaban J connectivity index is 1.51. The summed E-state index contributed by atoms with van der Waals surface area (Å²) in [6.07, 6.45) is 2.72. The van der Waals surface area contributed by atoms with Crippen molar-refractivity contribution in [1.29, 1.82) is 0 Å². The molecule has 2 aromatic carbocycles. The molecule has 1 fully saturated rings. The molecule has 1 aliphatic rings. The highest BCUT2D eigenvalue weighted by molar-refractivity contribution is 6.30. The predicted octanol–water partition coefficient (Wildman–Crippen LogP) is 3.72. The van der Waals surface area contributed by atoms with E-state index in [9.17, 15) is 4.79 Å². The molecule has 0 aromatic heterocycles. The molecule has 142 valence electrons. The molecule has 6 heteroatoms. The maximum Gasteiger partial charge on any atom is 0.226 e. The number of nitrogens with zero attached hydrogens (tertiary/aromatic N) is 2. The van der Waals surface area contributed by atoms with Crippen LogP contribution in [0.1, 0.15) is 30.4 Å². The Hall–Kier alpha value is -2.53. The zero-order valence-electron chi connectivity index (χ0n) is 15.5. The van der Waals surface area contributed by atoms with Gasteiger partial charge in [-0.15, -0.1) is 0 Å². The zero-order chi connectivity index (χ0) is 19.1. The number of nitrogens with one attached hydrogen (secondary N) is 2. The topological polar surface area (TPSA) is 56.7 Å². The second kappa shape index (κ2) is 9.42. The van der Waals surface area contributed by atoms with Crippen LogP contribution in [-0.4, -0.2) is 25.5 Å². The minimum atomic E-state index is 0.220. The number of rotatable bonds is 5. The van der Waals surface area contributed by atoms with Crippen LogP contribution < -0.4 is 15.5 Å². The van der Waals surface area contributed by atoms with Gasteiger partial charge in [0.05, 0.1) is 0 Å². The lowest BCUT2D eigenvalue weighted by Gasteiger charge is -2.26. The number of halogens is 1. The Kier molecular flexibility index (Phi) is 6.71. The van der Waals surface area contributed by atoms with Gasteiger partial charge in [-0.05, 0) is 48.2 Å². The molecule has 0 spiro atoms. The number of benzene rings is 2. The molecule has 5 nitrogen and oxygen atoms in total. The quantitative estimate of drug-likeness (QED) is 0.610. The lowest BCUT2D eigenvalue weighted by molar-refractivity contribution is -0.119. The molecular formula is C21H25ClN4O. The van der Waals surface area contributed by atoms with Crippen molar-refractivity contribution in [2.75, 3.05) is 18.5 Å². The molecule has 0 bridgehead atoms. The van der Waals surface area contributed by atoms with Gasteiger partial charge in [-0.1, -0.05) is 35.9 Å². The van der Waals surface area contributed by atoms with Crippen molar-refractivity contribution in [3.63, 3.8) is 0 Å². The summed E-state index contributed by atoms with van der Waals surface area (Å²) in [7, 11) is 1.75. The van der Waals surface area contributed by atoms with E-state index in [1.54, 1.807) is 7.05 Å². The Morgan fingerprint density at radius 1 is 1.07 bits per heavy atom. The summed E-state index contributed by atoms with van der Waals surface area (Å²) < 4.78 is 0. The standard InChI is InChI=1S/C21H25ClN4O/c1-23-21(25-15-17-5-4-6-18(22)13-17)24-14-16-8-10-19(11-9-16)26-12-3-2-7-20(26)27/h4-6,8-11,13H,2-3,7,12,14-15H2,1H3,(H2,23,24,25). The van der Waals surface area contributed by atoms with Gasteiger partial charge in [0.2, 0.25) is 5.91 Å². The zero-order valence-corrected chi connectivity index (χ0v) is 16.3. The first kappa shape index (κ1) is 19.2. The van der Waals surface area contributed by atoms with E-state index in [0.29, 0.717) is 19.5 Å². The van der Waals surface area contributed by atoms with E-state index in [-0.39, 0.29) is 5.91 Å². The molecule has 2 N–H and O–H groups in total. The molecule has 0 aliphatic carbocycles. The van der Waals surface area contributed by atoms with Crippen LogP contribution in [0, 0.1) is 0 Å². The molecule has 2 aromatic rings. The fourth-order valence-electron chi connectivity index (χ4n) is 3.11. The Morgan fingerprint density at radius 3 is 2.48 bits per heavy atom. The number of piperidine rings is 1. The highest BCUT2D eigenvalue weighted by atomic mass is 35.5. The van der Waals surface area contributed by atoms with Crippen molar-refractivity contribution in [3.8, 4) is 0 Å². The molecule has 0 unspecified atom stereocenters. The Labute approximate surface area is 165 Å². The van der Waals surface area contributed by atoms with Crippen LogP contribution in [0.25, 0.3) is 0 Å². The van der Waals surface area contributed by atoms with Crippen LogP contribution in [-0.2, 0) is 17.9 Å². The van der Waals surface area contributed by atoms with E-state index in [0.717, 1.165) is 47.2 Å². The summed E-state index contributed by atoms with van der Waals surface area (Å²) in [5.74, 6) is 0.947. The van der Waals surface area contributed by atoms with Crippen molar-refractivity contribution in [3.05, 3.63) is 64.7 Å². The molecular weight excluding hydrogens is 360 g/mol. The van der Waals surface area contributed by atoms with Crippen molar-refractivity contribution in [2.24, 2.45) is 4.99 Å². The van der Waals surface area contributed by atoms with Crippen LogP contribution in [0.15, 0.2) is 53.5 Å². The number of carbonyl (C=O) groups excluding carboxylic acids is 1. The fraction of sp³-hybridized carbons (Fsp3) is 0.333. The third-order valence-corrected chi connectivity index (χ3v) is 4.84. The summed E-state index contributed by atoms with van der Waals surface area (Å²) in [5.41, 5.74) is 3.21. The van der Waals surface area contributed by atoms with Crippen LogP contribution in [0.4, 0.5) is 5.69 Å². The van der Waals surface area contributed by atoms with Crippen LogP contribution in [0.3, 0.4) is 0 Å². The molecule has 1 saturated heterocycles. The van der Waals surface area contributed by atoms with Gasteiger partial charge in [-0.2, -0.15) is 0 Å². The van der Waals surface area contributed by atoms with Crippen LogP contribution in [0.5, 0.6) is 0 Å². The highest BCUT2D eigenvalue weighted by Gasteiger charge is 2.19. The smallest absolute Gasteiger partial charge is 0.226 e. The second-order valence-electron chi connectivity index (χ2n) is 6.58. The normalized spacial score (nSPS) is 15.0. The summed E-state index contributed by atoms with van der Waals surface area (Å²) in [5, 5.41) is 7.31. The van der Waals surface area contributed by atoms with E-state index < -0.39 is 0 Å². The number of carbonyl (C=O) groups is 1. The largest absolute Gasteiger partial charge is 0.352 e. The molecule has 27 heavy (non-hydrogen) atoms. The van der Waals surface area contributed by atoms with Crippen molar-refractivity contribution in [2.45, 2.75) is 32.4 Å². The molecule has 0 atom stereocenters. The monoisotopic (exact) mass is 384 g/mol. The van der Waals surface area contributed by atoms with Gasteiger partial charge in [-0.3, -0.25) is 9.79 Å². The van der Waals surface area contributed by atoms with E-state index >= 15 is 0 Å². The number of hydrogen-bond donors (Lipinski definition) is 2. The number of anilines is 1. The third-order valence-electron chi connectivity index (χ3n) is 4.60. The van der Waals surface area contributed by atoms with Crippen LogP contribution >= 0.6 is 11.6 Å². The maximum atomic E-state index is 12.0. The highest BCUT2D eigenvalue weighted by Crippen LogP contribution is 2.21. The number of amides is 1.